The van der Waals surface area contributed by atoms with E-state index < -0.39 is 11.2 Å². The van der Waals surface area contributed by atoms with Crippen LogP contribution in [0, 0.1) is 5.82 Å². The first-order chi connectivity index (χ1) is 19.0. The van der Waals surface area contributed by atoms with Crippen molar-refractivity contribution in [2.75, 3.05) is 64.4 Å². The minimum atomic E-state index is -0.522. The highest BCUT2D eigenvalue weighted by Crippen LogP contribution is 2.47. The van der Waals surface area contributed by atoms with E-state index >= 15 is 4.39 Å². The van der Waals surface area contributed by atoms with Crippen molar-refractivity contribution in [3.63, 3.8) is 0 Å². The van der Waals surface area contributed by atoms with Crippen molar-refractivity contribution in [1.29, 1.82) is 0 Å². The van der Waals surface area contributed by atoms with Crippen molar-refractivity contribution in [3.05, 3.63) is 70.3 Å². The summed E-state index contributed by atoms with van der Waals surface area (Å²) < 4.78 is 29.8. The fourth-order valence-corrected chi connectivity index (χ4v) is 5.94. The SMILES string of the molecule is CN1CCCN(c2c(F)cc3c(=O)c(C(=O)N4CCOCC4)cn4c3c2Oc2cc3ccccc3cc2-4)CC1. The van der Waals surface area contributed by atoms with Crippen molar-refractivity contribution in [3.8, 4) is 17.2 Å². The standard InChI is InChI=1S/C30H29FN4O4/c1-32-7-4-8-33(10-9-32)27-23(31)17-21-26-29(27)39-25-16-20-6-3-2-5-19(20)15-24(25)35(26)18-22(28(21)36)30(37)34-11-13-38-14-12-34/h2-3,5-6,15-18H,4,7-14H2,1H3. The Morgan fingerprint density at radius 3 is 2.51 bits per heavy atom. The molecule has 9 heteroatoms. The van der Waals surface area contributed by atoms with Crippen LogP contribution in [-0.2, 0) is 4.74 Å². The number of amides is 1. The molecule has 0 unspecified atom stereocenters. The highest BCUT2D eigenvalue weighted by molar-refractivity contribution is 6.02. The van der Waals surface area contributed by atoms with E-state index in [-0.39, 0.29) is 16.9 Å². The number of hydrogen-bond donors (Lipinski definition) is 0. The molecule has 2 saturated heterocycles. The number of halogens is 1. The van der Waals surface area contributed by atoms with Crippen LogP contribution in [0.5, 0.6) is 11.5 Å². The summed E-state index contributed by atoms with van der Waals surface area (Å²) in [7, 11) is 2.06. The Balaban J connectivity index is 1.50. The Labute approximate surface area is 224 Å². The predicted molar refractivity (Wildman–Crippen MR) is 148 cm³/mol. The average molecular weight is 529 g/mol. The lowest BCUT2D eigenvalue weighted by molar-refractivity contribution is 0.0302. The van der Waals surface area contributed by atoms with Gasteiger partial charge in [-0.15, -0.1) is 0 Å². The molecular formula is C30H29FN4O4. The van der Waals surface area contributed by atoms with Crippen molar-refractivity contribution in [2.24, 2.45) is 0 Å². The number of fused-ring (bicyclic) bond motifs is 3. The van der Waals surface area contributed by atoms with Crippen LogP contribution in [0.25, 0.3) is 27.4 Å². The van der Waals surface area contributed by atoms with E-state index in [1.165, 1.54) is 6.07 Å². The molecular weight excluding hydrogens is 499 g/mol. The summed E-state index contributed by atoms with van der Waals surface area (Å²) in [4.78, 5) is 33.2. The molecule has 200 valence electrons. The summed E-state index contributed by atoms with van der Waals surface area (Å²) in [6, 6.07) is 13.1. The zero-order valence-corrected chi connectivity index (χ0v) is 21.8. The summed E-state index contributed by atoms with van der Waals surface area (Å²) >= 11 is 0. The molecule has 0 N–H and O–H groups in total. The van der Waals surface area contributed by atoms with Crippen molar-refractivity contribution in [2.45, 2.75) is 6.42 Å². The monoisotopic (exact) mass is 528 g/mol. The third-order valence-corrected chi connectivity index (χ3v) is 8.03. The Kier molecular flexibility index (Phi) is 5.79. The first-order valence-corrected chi connectivity index (χ1v) is 13.4. The fourth-order valence-electron chi connectivity index (χ4n) is 5.94. The smallest absolute Gasteiger partial charge is 0.259 e. The molecule has 0 bridgehead atoms. The maximum absolute atomic E-state index is 16.0. The highest BCUT2D eigenvalue weighted by Gasteiger charge is 2.32. The highest BCUT2D eigenvalue weighted by atomic mass is 19.1. The lowest BCUT2D eigenvalue weighted by Crippen LogP contribution is -2.42. The second-order valence-electron chi connectivity index (χ2n) is 10.5. The number of benzene rings is 3. The largest absolute Gasteiger partial charge is 0.451 e. The van der Waals surface area contributed by atoms with Crippen LogP contribution in [-0.4, -0.2) is 79.8 Å². The van der Waals surface area contributed by atoms with E-state index in [1.54, 1.807) is 11.1 Å². The second kappa shape index (κ2) is 9.36. The van der Waals surface area contributed by atoms with Crippen LogP contribution in [0.2, 0.25) is 0 Å². The summed E-state index contributed by atoms with van der Waals surface area (Å²) in [6.07, 6.45) is 2.49. The number of carbonyl (C=O) groups excluding carboxylic acids is 1. The normalized spacial score (nSPS) is 17.7. The quantitative estimate of drug-likeness (QED) is 0.345. The fraction of sp³-hybridized carbons (Fsp3) is 0.333. The molecule has 2 fully saturated rings. The number of likely N-dealkylation sites (N-methyl/N-ethyl adjacent to an activating group) is 1. The van der Waals surface area contributed by atoms with E-state index in [0.717, 1.165) is 30.3 Å². The first kappa shape index (κ1) is 24.1. The van der Waals surface area contributed by atoms with Crippen molar-refractivity contribution in [1.82, 2.24) is 14.4 Å². The van der Waals surface area contributed by atoms with Crippen LogP contribution in [0.4, 0.5) is 10.1 Å². The van der Waals surface area contributed by atoms with E-state index in [4.69, 9.17) is 9.47 Å². The molecule has 0 atom stereocenters. The van der Waals surface area contributed by atoms with Gasteiger partial charge < -0.3 is 28.7 Å². The number of anilines is 1. The third-order valence-electron chi connectivity index (χ3n) is 8.03. The number of ether oxygens (including phenoxy) is 2. The minimum Gasteiger partial charge on any atom is -0.451 e. The van der Waals surface area contributed by atoms with Gasteiger partial charge in [-0.25, -0.2) is 4.39 Å². The van der Waals surface area contributed by atoms with Gasteiger partial charge in [-0.3, -0.25) is 9.59 Å². The van der Waals surface area contributed by atoms with Crippen molar-refractivity contribution >= 4 is 33.3 Å². The van der Waals surface area contributed by atoms with Crippen LogP contribution >= 0.6 is 0 Å². The molecule has 4 aromatic rings. The van der Waals surface area contributed by atoms with Gasteiger partial charge in [0.1, 0.15) is 16.8 Å². The van der Waals surface area contributed by atoms with Crippen molar-refractivity contribution < 1.29 is 18.7 Å². The zero-order chi connectivity index (χ0) is 26.7. The zero-order valence-electron chi connectivity index (χ0n) is 21.8. The third kappa shape index (κ3) is 3.95. The van der Waals surface area contributed by atoms with E-state index in [0.29, 0.717) is 67.8 Å². The van der Waals surface area contributed by atoms with Gasteiger partial charge in [-0.2, -0.15) is 0 Å². The summed E-state index contributed by atoms with van der Waals surface area (Å²) in [5.74, 6) is -0.0233. The molecule has 1 aromatic heterocycles. The number of rotatable bonds is 2. The molecule has 0 spiro atoms. The van der Waals surface area contributed by atoms with Gasteiger partial charge in [0.15, 0.2) is 17.3 Å². The maximum atomic E-state index is 16.0. The Bertz CT molecular complexity index is 1690. The Morgan fingerprint density at radius 2 is 1.72 bits per heavy atom. The van der Waals surface area contributed by atoms with Crippen LogP contribution in [0.3, 0.4) is 0 Å². The molecule has 0 aliphatic carbocycles. The molecule has 0 radical (unpaired) electrons. The maximum Gasteiger partial charge on any atom is 0.259 e. The lowest BCUT2D eigenvalue weighted by atomic mass is 10.0. The number of hydrogen-bond acceptors (Lipinski definition) is 6. The lowest BCUT2D eigenvalue weighted by Gasteiger charge is -2.31. The average Bonchev–Trinajstić information content (AvgIpc) is 3.17. The molecule has 8 nitrogen and oxygen atoms in total. The molecule has 3 aromatic carbocycles. The molecule has 3 aliphatic heterocycles. The minimum absolute atomic E-state index is 0.0138. The number of pyridine rings is 1. The van der Waals surface area contributed by atoms with Gasteiger partial charge in [-0.05, 0) is 49.0 Å². The van der Waals surface area contributed by atoms with Crippen LogP contribution < -0.4 is 15.1 Å². The number of morpholine rings is 1. The number of aromatic nitrogens is 1. The Morgan fingerprint density at radius 1 is 0.949 bits per heavy atom. The van der Waals surface area contributed by atoms with Gasteiger partial charge in [0.25, 0.3) is 5.91 Å². The van der Waals surface area contributed by atoms with E-state index in [2.05, 4.69) is 11.9 Å². The van der Waals surface area contributed by atoms with Crippen LogP contribution in [0.1, 0.15) is 16.8 Å². The first-order valence-electron chi connectivity index (χ1n) is 13.4. The van der Waals surface area contributed by atoms with Gasteiger partial charge in [0.05, 0.1) is 24.3 Å². The molecule has 0 saturated carbocycles. The summed E-state index contributed by atoms with van der Waals surface area (Å²) in [5, 5.41) is 2.11. The predicted octanol–water partition coefficient (Wildman–Crippen LogP) is 4.00. The molecule has 3 aliphatic rings. The molecule has 4 heterocycles. The molecule has 1 amide bonds. The van der Waals surface area contributed by atoms with Gasteiger partial charge in [0.2, 0.25) is 5.43 Å². The van der Waals surface area contributed by atoms with Gasteiger partial charge in [-0.1, -0.05) is 24.3 Å². The van der Waals surface area contributed by atoms with Crippen LogP contribution in [0.15, 0.2) is 53.5 Å². The van der Waals surface area contributed by atoms with Gasteiger partial charge in [0, 0.05) is 38.9 Å². The number of carbonyl (C=O) groups is 1. The number of nitrogens with zero attached hydrogens (tertiary/aromatic N) is 4. The summed E-state index contributed by atoms with van der Waals surface area (Å²) in [6.45, 7) is 4.67. The van der Waals surface area contributed by atoms with E-state index in [1.807, 2.05) is 45.9 Å². The second-order valence-corrected chi connectivity index (χ2v) is 10.5. The summed E-state index contributed by atoms with van der Waals surface area (Å²) in [5.41, 5.74) is 1.07. The van der Waals surface area contributed by atoms with Gasteiger partial charge >= 0.3 is 0 Å². The Hall–Kier alpha value is -3.95. The molecule has 7 rings (SSSR count). The molecule has 39 heavy (non-hydrogen) atoms. The van der Waals surface area contributed by atoms with E-state index in [9.17, 15) is 9.59 Å². The topological polar surface area (TPSA) is 67.2 Å².